The van der Waals surface area contributed by atoms with Gasteiger partial charge in [-0.05, 0) is 20.3 Å². The standard InChI is InChI=1S/C8H15BrO2.C6H8O3/c1-4-8(2,3)7(10)11-6-5-9;1-3-4(2)6(8)9-5(3)7/h4-6H2,1-3H3;3-4H,1-2H3. The van der Waals surface area contributed by atoms with Gasteiger partial charge < -0.3 is 9.47 Å². The maximum absolute atomic E-state index is 11.2. The quantitative estimate of drug-likeness (QED) is 0.443. The van der Waals surface area contributed by atoms with Crippen molar-refractivity contribution in [1.29, 1.82) is 0 Å². The van der Waals surface area contributed by atoms with Gasteiger partial charge in [-0.15, -0.1) is 0 Å². The highest BCUT2D eigenvalue weighted by Crippen LogP contribution is 2.22. The van der Waals surface area contributed by atoms with Crippen molar-refractivity contribution in [3.63, 3.8) is 0 Å². The summed E-state index contributed by atoms with van der Waals surface area (Å²) in [7, 11) is 0. The number of hydrogen-bond donors (Lipinski definition) is 0. The normalized spacial score (nSPS) is 21.9. The van der Waals surface area contributed by atoms with Crippen LogP contribution in [-0.2, 0) is 23.9 Å². The molecule has 0 aromatic heterocycles. The van der Waals surface area contributed by atoms with Crippen LogP contribution < -0.4 is 0 Å². The van der Waals surface area contributed by atoms with E-state index in [1.807, 2.05) is 20.8 Å². The van der Waals surface area contributed by atoms with Crippen molar-refractivity contribution in [1.82, 2.24) is 0 Å². The number of cyclic esters (lactones) is 2. The minimum absolute atomic E-state index is 0.112. The van der Waals surface area contributed by atoms with E-state index in [-0.39, 0.29) is 23.2 Å². The summed E-state index contributed by atoms with van der Waals surface area (Å²) in [4.78, 5) is 32.3. The molecule has 2 unspecified atom stereocenters. The number of ether oxygens (including phenoxy) is 2. The lowest BCUT2D eigenvalue weighted by molar-refractivity contribution is -0.154. The lowest BCUT2D eigenvalue weighted by atomic mass is 9.91. The summed E-state index contributed by atoms with van der Waals surface area (Å²) in [5.41, 5.74) is -0.331. The first kappa shape index (κ1) is 19.1. The molecule has 116 valence electrons. The van der Waals surface area contributed by atoms with Gasteiger partial charge in [0.1, 0.15) is 6.61 Å². The van der Waals surface area contributed by atoms with Gasteiger partial charge in [0.25, 0.3) is 0 Å². The third-order valence-corrected chi connectivity index (χ3v) is 3.77. The molecule has 0 spiro atoms. The van der Waals surface area contributed by atoms with Gasteiger partial charge in [0.2, 0.25) is 0 Å². The van der Waals surface area contributed by atoms with Crippen LogP contribution in [0.5, 0.6) is 0 Å². The van der Waals surface area contributed by atoms with Crippen molar-refractivity contribution in [2.75, 3.05) is 11.9 Å². The summed E-state index contributed by atoms with van der Waals surface area (Å²) < 4.78 is 9.27. The van der Waals surface area contributed by atoms with E-state index in [1.54, 1.807) is 13.8 Å². The van der Waals surface area contributed by atoms with Crippen LogP contribution in [0.1, 0.15) is 41.0 Å². The van der Waals surface area contributed by atoms with Crippen LogP contribution in [0.15, 0.2) is 0 Å². The number of carbonyl (C=O) groups is 3. The Kier molecular flexibility index (Phi) is 8.01. The molecule has 0 saturated carbocycles. The second-order valence-electron chi connectivity index (χ2n) is 5.38. The van der Waals surface area contributed by atoms with Gasteiger partial charge >= 0.3 is 17.9 Å². The second kappa shape index (κ2) is 8.39. The van der Waals surface area contributed by atoms with Gasteiger partial charge in [-0.3, -0.25) is 14.4 Å². The molecular weight excluding hydrogens is 328 g/mol. The third-order valence-electron chi connectivity index (χ3n) is 3.44. The molecule has 0 N–H and O–H groups in total. The Labute approximate surface area is 128 Å². The maximum atomic E-state index is 11.2. The number of carbonyl (C=O) groups excluding carboxylic acids is 3. The van der Waals surface area contributed by atoms with Gasteiger partial charge in [0, 0.05) is 5.33 Å². The molecule has 0 radical (unpaired) electrons. The van der Waals surface area contributed by atoms with E-state index in [0.29, 0.717) is 11.9 Å². The van der Waals surface area contributed by atoms with Crippen molar-refractivity contribution >= 4 is 33.8 Å². The van der Waals surface area contributed by atoms with Crippen LogP contribution in [0.25, 0.3) is 0 Å². The molecule has 0 bridgehead atoms. The van der Waals surface area contributed by atoms with Crippen molar-refractivity contribution in [3.8, 4) is 0 Å². The zero-order valence-corrected chi connectivity index (χ0v) is 14.3. The summed E-state index contributed by atoms with van der Waals surface area (Å²) in [5, 5.41) is 0.707. The number of esters is 3. The van der Waals surface area contributed by atoms with E-state index in [2.05, 4.69) is 20.7 Å². The van der Waals surface area contributed by atoms with Gasteiger partial charge in [-0.25, -0.2) is 0 Å². The molecule has 2 atom stereocenters. The second-order valence-corrected chi connectivity index (χ2v) is 6.17. The number of rotatable bonds is 4. The lowest BCUT2D eigenvalue weighted by Crippen LogP contribution is -2.26. The van der Waals surface area contributed by atoms with E-state index >= 15 is 0 Å². The first-order chi connectivity index (χ1) is 9.17. The topological polar surface area (TPSA) is 69.7 Å². The molecule has 0 aromatic carbocycles. The van der Waals surface area contributed by atoms with Gasteiger partial charge in [-0.2, -0.15) is 0 Å². The third kappa shape index (κ3) is 5.61. The first-order valence-corrected chi connectivity index (χ1v) is 7.78. The van der Waals surface area contributed by atoms with E-state index in [9.17, 15) is 14.4 Å². The Bertz CT molecular complexity index is 347. The fourth-order valence-corrected chi connectivity index (χ4v) is 1.33. The predicted molar refractivity (Wildman–Crippen MR) is 78.3 cm³/mol. The minimum atomic E-state index is -0.396. The molecule has 1 saturated heterocycles. The molecule has 0 amide bonds. The molecule has 6 heteroatoms. The lowest BCUT2D eigenvalue weighted by Gasteiger charge is -2.19. The van der Waals surface area contributed by atoms with E-state index in [1.165, 1.54) is 0 Å². The van der Waals surface area contributed by atoms with E-state index in [4.69, 9.17) is 4.74 Å². The Morgan fingerprint density at radius 1 is 1.25 bits per heavy atom. The van der Waals surface area contributed by atoms with Crippen molar-refractivity contribution < 1.29 is 23.9 Å². The summed E-state index contributed by atoms with van der Waals surface area (Å²) >= 11 is 3.19. The zero-order valence-electron chi connectivity index (χ0n) is 12.7. The predicted octanol–water partition coefficient (Wildman–Crippen LogP) is 2.70. The number of hydrogen-bond acceptors (Lipinski definition) is 5. The van der Waals surface area contributed by atoms with Crippen LogP contribution in [0.4, 0.5) is 0 Å². The van der Waals surface area contributed by atoms with Gasteiger partial charge in [0.05, 0.1) is 17.3 Å². The summed E-state index contributed by atoms with van der Waals surface area (Å²) in [6.45, 7) is 9.61. The Balaban J connectivity index is 0.000000367. The highest BCUT2D eigenvalue weighted by Gasteiger charge is 2.37. The molecule has 1 fully saturated rings. The van der Waals surface area contributed by atoms with Crippen molar-refractivity contribution in [2.24, 2.45) is 17.3 Å². The Morgan fingerprint density at radius 3 is 1.95 bits per heavy atom. The fourth-order valence-electron chi connectivity index (χ4n) is 1.16. The van der Waals surface area contributed by atoms with E-state index in [0.717, 1.165) is 6.42 Å². The maximum Gasteiger partial charge on any atom is 0.317 e. The first-order valence-electron chi connectivity index (χ1n) is 6.66. The summed E-state index contributed by atoms with van der Waals surface area (Å²) in [5.74, 6) is -1.41. The number of halogens is 1. The summed E-state index contributed by atoms with van der Waals surface area (Å²) in [6, 6.07) is 0. The fraction of sp³-hybridized carbons (Fsp3) is 0.786. The zero-order chi connectivity index (χ0) is 15.9. The van der Waals surface area contributed by atoms with Crippen LogP contribution in [0.2, 0.25) is 0 Å². The smallest absolute Gasteiger partial charge is 0.317 e. The molecule has 1 rings (SSSR count). The largest absolute Gasteiger partial charge is 0.464 e. The molecule has 0 aliphatic carbocycles. The average molecular weight is 351 g/mol. The van der Waals surface area contributed by atoms with Crippen molar-refractivity contribution in [3.05, 3.63) is 0 Å². The molecule has 20 heavy (non-hydrogen) atoms. The number of alkyl halides is 1. The average Bonchev–Trinajstić information content (AvgIpc) is 2.63. The Morgan fingerprint density at radius 2 is 1.70 bits per heavy atom. The molecule has 1 aliphatic heterocycles. The molecule has 1 heterocycles. The highest BCUT2D eigenvalue weighted by atomic mass is 79.9. The van der Waals surface area contributed by atoms with Gasteiger partial charge in [-0.1, -0.05) is 36.7 Å². The van der Waals surface area contributed by atoms with E-state index < -0.39 is 11.9 Å². The minimum Gasteiger partial charge on any atom is -0.464 e. The molecule has 5 nitrogen and oxygen atoms in total. The molecule has 1 aliphatic rings. The SMILES string of the molecule is CC1C(=O)OC(=O)C1C.CCC(C)(C)C(=O)OCCBr. The van der Waals surface area contributed by atoms with Crippen molar-refractivity contribution in [2.45, 2.75) is 41.0 Å². The highest BCUT2D eigenvalue weighted by molar-refractivity contribution is 9.09. The monoisotopic (exact) mass is 350 g/mol. The van der Waals surface area contributed by atoms with Gasteiger partial charge in [0.15, 0.2) is 0 Å². The van der Waals surface area contributed by atoms with Crippen LogP contribution in [0.3, 0.4) is 0 Å². The van der Waals surface area contributed by atoms with Crippen LogP contribution in [-0.4, -0.2) is 29.8 Å². The molecule has 0 aromatic rings. The molecular formula is C14H23BrO5. The summed E-state index contributed by atoms with van der Waals surface area (Å²) in [6.07, 6.45) is 0.814. The Hall–Kier alpha value is -0.910. The van der Waals surface area contributed by atoms with Crippen LogP contribution in [0, 0.1) is 17.3 Å². The van der Waals surface area contributed by atoms with Crippen LogP contribution >= 0.6 is 15.9 Å².